The zero-order chi connectivity index (χ0) is 25.8. The first-order valence-corrected chi connectivity index (χ1v) is 13.4. The first kappa shape index (κ1) is 21.9. The van der Waals surface area contributed by atoms with Crippen LogP contribution in [-0.2, 0) is 0 Å². The Morgan fingerprint density at radius 1 is 0.308 bits per heavy atom. The smallest absolute Gasteiger partial charge is 0.0390 e. The number of nitrogens with one attached hydrogen (secondary N) is 1. The van der Waals surface area contributed by atoms with Gasteiger partial charge in [0.1, 0.15) is 0 Å². The van der Waals surface area contributed by atoms with E-state index in [9.17, 15) is 0 Å². The van der Waals surface area contributed by atoms with Crippen molar-refractivity contribution in [1.29, 1.82) is 0 Å². The van der Waals surface area contributed by atoms with Gasteiger partial charge in [0.05, 0.1) is 0 Å². The molecule has 0 aliphatic carbocycles. The van der Waals surface area contributed by atoms with E-state index in [0.717, 1.165) is 11.4 Å². The van der Waals surface area contributed by atoms with Crippen LogP contribution in [0.1, 0.15) is 0 Å². The Morgan fingerprint density at radius 2 is 0.821 bits per heavy atom. The summed E-state index contributed by atoms with van der Waals surface area (Å²) < 4.78 is 0. The minimum absolute atomic E-state index is 1.08. The van der Waals surface area contributed by atoms with Crippen molar-refractivity contribution in [2.24, 2.45) is 0 Å². The van der Waals surface area contributed by atoms with Gasteiger partial charge in [0, 0.05) is 11.4 Å². The van der Waals surface area contributed by atoms with Crippen molar-refractivity contribution in [2.45, 2.75) is 0 Å². The van der Waals surface area contributed by atoms with Gasteiger partial charge in [0.25, 0.3) is 0 Å². The fourth-order valence-corrected chi connectivity index (χ4v) is 6.21. The lowest BCUT2D eigenvalue weighted by atomic mass is 9.93. The Morgan fingerprint density at radius 3 is 1.51 bits per heavy atom. The van der Waals surface area contributed by atoms with Crippen LogP contribution >= 0.6 is 0 Å². The van der Waals surface area contributed by atoms with Crippen LogP contribution < -0.4 is 5.32 Å². The average molecular weight is 496 g/mol. The molecule has 0 atom stereocenters. The highest BCUT2D eigenvalue weighted by Crippen LogP contribution is 2.38. The third kappa shape index (κ3) is 3.55. The van der Waals surface area contributed by atoms with Gasteiger partial charge in [-0.05, 0) is 95.3 Å². The quantitative estimate of drug-likeness (QED) is 0.240. The van der Waals surface area contributed by atoms with Gasteiger partial charge in [0.2, 0.25) is 0 Å². The molecule has 39 heavy (non-hydrogen) atoms. The summed E-state index contributed by atoms with van der Waals surface area (Å²) in [5.41, 5.74) is 4.63. The number of rotatable bonds is 3. The molecular weight excluding hydrogens is 470 g/mol. The summed E-state index contributed by atoms with van der Waals surface area (Å²) in [7, 11) is 0. The van der Waals surface area contributed by atoms with Crippen LogP contribution in [-0.4, -0.2) is 0 Å². The molecular formula is C38H25N. The number of hydrogen-bond donors (Lipinski definition) is 1. The predicted octanol–water partition coefficient (Wildman–Crippen LogP) is 10.9. The fraction of sp³-hybridized carbons (Fsp3) is 0. The van der Waals surface area contributed by atoms with Crippen LogP contribution in [0.3, 0.4) is 0 Å². The third-order valence-corrected chi connectivity index (χ3v) is 7.97. The minimum Gasteiger partial charge on any atom is -0.355 e. The van der Waals surface area contributed by atoms with E-state index < -0.39 is 0 Å². The predicted molar refractivity (Wildman–Crippen MR) is 169 cm³/mol. The molecule has 0 aromatic heterocycles. The third-order valence-electron chi connectivity index (χ3n) is 7.97. The molecule has 0 heterocycles. The normalized spacial score (nSPS) is 11.6. The van der Waals surface area contributed by atoms with Gasteiger partial charge in [-0.2, -0.15) is 0 Å². The van der Waals surface area contributed by atoms with E-state index in [4.69, 9.17) is 0 Å². The van der Waals surface area contributed by atoms with E-state index in [-0.39, 0.29) is 0 Å². The van der Waals surface area contributed by atoms with E-state index >= 15 is 0 Å². The van der Waals surface area contributed by atoms with Gasteiger partial charge in [-0.25, -0.2) is 0 Å². The van der Waals surface area contributed by atoms with Crippen LogP contribution in [0.5, 0.6) is 0 Å². The highest BCUT2D eigenvalue weighted by molar-refractivity contribution is 6.25. The summed E-state index contributed by atoms with van der Waals surface area (Å²) in [6.45, 7) is 0. The van der Waals surface area contributed by atoms with Crippen LogP contribution in [0.2, 0.25) is 0 Å². The molecule has 8 aromatic carbocycles. The number of benzene rings is 8. The van der Waals surface area contributed by atoms with Crippen LogP contribution in [0.25, 0.3) is 65.0 Å². The SMILES string of the molecule is c1cc(Nc2ccc3c4ccccc4c4ccccc4c3c2)cc(-c2cc3ccccc3c3ccccc23)c1. The molecule has 8 rings (SSSR count). The van der Waals surface area contributed by atoms with Crippen molar-refractivity contribution < 1.29 is 0 Å². The minimum atomic E-state index is 1.08. The van der Waals surface area contributed by atoms with Crippen molar-refractivity contribution >= 4 is 65.2 Å². The molecule has 0 aliphatic rings. The van der Waals surface area contributed by atoms with Gasteiger partial charge >= 0.3 is 0 Å². The molecule has 1 heteroatoms. The molecule has 1 nitrogen and oxygen atoms in total. The fourth-order valence-electron chi connectivity index (χ4n) is 6.21. The first-order chi connectivity index (χ1) is 19.3. The summed E-state index contributed by atoms with van der Waals surface area (Å²) >= 11 is 0. The first-order valence-electron chi connectivity index (χ1n) is 13.4. The molecule has 0 unspecified atom stereocenters. The summed E-state index contributed by atoms with van der Waals surface area (Å²) in [6, 6.07) is 52.7. The highest BCUT2D eigenvalue weighted by Gasteiger charge is 2.11. The maximum Gasteiger partial charge on any atom is 0.0390 e. The van der Waals surface area contributed by atoms with Crippen molar-refractivity contribution in [2.75, 3.05) is 5.32 Å². The Kier molecular flexibility index (Phi) is 4.89. The largest absolute Gasteiger partial charge is 0.355 e. The van der Waals surface area contributed by atoms with Crippen LogP contribution in [0, 0.1) is 0 Å². The van der Waals surface area contributed by atoms with E-state index in [1.165, 1.54) is 65.0 Å². The van der Waals surface area contributed by atoms with Gasteiger partial charge in [0.15, 0.2) is 0 Å². The van der Waals surface area contributed by atoms with Crippen molar-refractivity contribution in [3.63, 3.8) is 0 Å². The topological polar surface area (TPSA) is 12.0 Å². The molecule has 0 amide bonds. The van der Waals surface area contributed by atoms with E-state index in [1.807, 2.05) is 0 Å². The summed E-state index contributed by atoms with van der Waals surface area (Å²) in [5.74, 6) is 0. The summed E-state index contributed by atoms with van der Waals surface area (Å²) in [6.07, 6.45) is 0. The standard InChI is InChI=1S/C38H25N/c1-2-13-29-26(10-1)23-37(34-18-7-3-14-30(29)34)25-11-9-12-27(22-25)39-28-20-21-36-33-17-5-4-15-31(33)32-16-6-8-19-35(32)38(36)24-28/h1-24,39H. The molecule has 0 fully saturated rings. The molecule has 1 N–H and O–H groups in total. The van der Waals surface area contributed by atoms with Crippen molar-refractivity contribution in [3.8, 4) is 11.1 Å². The maximum absolute atomic E-state index is 3.70. The second-order valence-electron chi connectivity index (χ2n) is 10.2. The molecule has 0 aliphatic heterocycles. The van der Waals surface area contributed by atoms with Gasteiger partial charge in [-0.3, -0.25) is 0 Å². The lowest BCUT2D eigenvalue weighted by Gasteiger charge is -2.14. The second kappa shape index (κ2) is 8.72. The lowest BCUT2D eigenvalue weighted by molar-refractivity contribution is 1.56. The second-order valence-corrected chi connectivity index (χ2v) is 10.2. The Balaban J connectivity index is 1.26. The monoisotopic (exact) mass is 495 g/mol. The number of anilines is 2. The summed E-state index contributed by atoms with van der Waals surface area (Å²) in [4.78, 5) is 0. The summed E-state index contributed by atoms with van der Waals surface area (Å²) in [5, 5.41) is 16.6. The Labute approximate surface area is 227 Å². The Hall–Kier alpha value is -5.14. The number of hydrogen-bond acceptors (Lipinski definition) is 1. The molecule has 0 radical (unpaired) electrons. The van der Waals surface area contributed by atoms with Crippen LogP contribution in [0.4, 0.5) is 11.4 Å². The molecule has 0 bridgehead atoms. The maximum atomic E-state index is 3.70. The molecule has 8 aromatic rings. The van der Waals surface area contributed by atoms with Crippen molar-refractivity contribution in [1.82, 2.24) is 0 Å². The average Bonchev–Trinajstić information content (AvgIpc) is 3.01. The highest BCUT2D eigenvalue weighted by atomic mass is 14.9. The van der Waals surface area contributed by atoms with E-state index in [0.29, 0.717) is 0 Å². The Bertz CT molecular complexity index is 2170. The van der Waals surface area contributed by atoms with Gasteiger partial charge in [-0.1, -0.05) is 115 Å². The molecule has 0 spiro atoms. The van der Waals surface area contributed by atoms with E-state index in [2.05, 4.69) is 151 Å². The molecule has 182 valence electrons. The molecule has 0 saturated heterocycles. The zero-order valence-corrected chi connectivity index (χ0v) is 21.4. The zero-order valence-electron chi connectivity index (χ0n) is 21.4. The van der Waals surface area contributed by atoms with Crippen molar-refractivity contribution in [3.05, 3.63) is 146 Å². The van der Waals surface area contributed by atoms with Crippen LogP contribution in [0.15, 0.2) is 146 Å². The van der Waals surface area contributed by atoms with Gasteiger partial charge in [-0.15, -0.1) is 0 Å². The lowest BCUT2D eigenvalue weighted by Crippen LogP contribution is -1.92. The van der Waals surface area contributed by atoms with E-state index in [1.54, 1.807) is 0 Å². The van der Waals surface area contributed by atoms with Gasteiger partial charge < -0.3 is 5.32 Å². The number of fused-ring (bicyclic) bond motifs is 9. The molecule has 0 saturated carbocycles.